The Morgan fingerprint density at radius 2 is 1.74 bits per heavy atom. The predicted molar refractivity (Wildman–Crippen MR) is 118 cm³/mol. The number of benzene rings is 2. The molecule has 0 aliphatic carbocycles. The van der Waals surface area contributed by atoms with E-state index in [1.165, 1.54) is 16.0 Å². The van der Waals surface area contributed by atoms with Gasteiger partial charge in [0.05, 0.1) is 16.6 Å². The van der Waals surface area contributed by atoms with Crippen LogP contribution in [0.1, 0.15) is 43.8 Å². The van der Waals surface area contributed by atoms with Crippen LogP contribution in [-0.4, -0.2) is 52.8 Å². The molecule has 31 heavy (non-hydrogen) atoms. The highest BCUT2D eigenvalue weighted by atomic mass is 16.5. The molecule has 0 N–H and O–H groups in total. The summed E-state index contributed by atoms with van der Waals surface area (Å²) < 4.78 is 5.95. The predicted octanol–water partition coefficient (Wildman–Crippen LogP) is 3.73. The highest BCUT2D eigenvalue weighted by Crippen LogP contribution is 2.28. The first-order chi connectivity index (χ1) is 15.0. The van der Waals surface area contributed by atoms with Gasteiger partial charge in [-0.1, -0.05) is 18.2 Å². The molecule has 0 bridgehead atoms. The SMILES string of the molecule is Cc1cc(C)c2cc3c(nc2c1)OCCN(CCCN1C(=O)c2ccccc2C1=O)C3. The second-order valence-corrected chi connectivity index (χ2v) is 8.39. The average molecular weight is 415 g/mol. The van der Waals surface area contributed by atoms with Crippen molar-refractivity contribution in [3.63, 3.8) is 0 Å². The smallest absolute Gasteiger partial charge is 0.261 e. The molecule has 0 unspecified atom stereocenters. The Morgan fingerprint density at radius 1 is 1.00 bits per heavy atom. The number of aryl methyl sites for hydroxylation is 2. The number of aromatic nitrogens is 1. The van der Waals surface area contributed by atoms with Crippen molar-refractivity contribution in [1.82, 2.24) is 14.8 Å². The van der Waals surface area contributed by atoms with Crippen molar-refractivity contribution in [2.24, 2.45) is 0 Å². The standard InChI is InChI=1S/C25H25N3O3/c1-16-12-17(2)21-14-18-15-27(10-11-31-23(18)26-22(21)13-16)8-5-9-28-24(29)19-6-3-4-7-20(19)25(28)30/h3-4,6-7,12-14H,5,8-11,15H2,1-2H3. The Labute approximate surface area is 181 Å². The maximum absolute atomic E-state index is 12.6. The number of hydrogen-bond acceptors (Lipinski definition) is 5. The van der Waals surface area contributed by atoms with Gasteiger partial charge in [0.15, 0.2) is 0 Å². The number of fused-ring (bicyclic) bond motifs is 3. The van der Waals surface area contributed by atoms with Crippen LogP contribution in [0.3, 0.4) is 0 Å². The maximum atomic E-state index is 12.6. The Morgan fingerprint density at radius 3 is 2.48 bits per heavy atom. The summed E-state index contributed by atoms with van der Waals surface area (Å²) in [5, 5.41) is 1.15. The van der Waals surface area contributed by atoms with Crippen molar-refractivity contribution in [2.45, 2.75) is 26.8 Å². The molecule has 158 valence electrons. The Balaban J connectivity index is 1.27. The number of rotatable bonds is 4. The summed E-state index contributed by atoms with van der Waals surface area (Å²) in [6.07, 6.45) is 0.722. The molecule has 0 spiro atoms. The van der Waals surface area contributed by atoms with Gasteiger partial charge < -0.3 is 4.74 Å². The van der Waals surface area contributed by atoms with Crippen molar-refractivity contribution in [3.8, 4) is 5.88 Å². The first-order valence-corrected chi connectivity index (χ1v) is 10.7. The highest BCUT2D eigenvalue weighted by molar-refractivity contribution is 6.21. The lowest BCUT2D eigenvalue weighted by molar-refractivity contribution is 0.0646. The Kier molecular flexibility index (Phi) is 4.94. The summed E-state index contributed by atoms with van der Waals surface area (Å²) in [5.74, 6) is 0.332. The molecule has 1 aromatic heterocycles. The summed E-state index contributed by atoms with van der Waals surface area (Å²) in [4.78, 5) is 33.5. The summed E-state index contributed by atoms with van der Waals surface area (Å²) in [7, 11) is 0. The number of amides is 2. The first kappa shape index (κ1) is 19.7. The van der Waals surface area contributed by atoms with Crippen LogP contribution in [0.2, 0.25) is 0 Å². The van der Waals surface area contributed by atoms with Crippen LogP contribution in [0, 0.1) is 13.8 Å². The molecule has 3 heterocycles. The fourth-order valence-corrected chi connectivity index (χ4v) is 4.57. The molecule has 6 heteroatoms. The van der Waals surface area contributed by atoms with Crippen molar-refractivity contribution >= 4 is 22.7 Å². The van der Waals surface area contributed by atoms with Crippen LogP contribution in [0.15, 0.2) is 42.5 Å². The normalized spacial score (nSPS) is 16.3. The van der Waals surface area contributed by atoms with Gasteiger partial charge in [0.1, 0.15) is 6.61 Å². The zero-order valence-corrected chi connectivity index (χ0v) is 17.9. The second kappa shape index (κ2) is 7.78. The number of imide groups is 1. The third-order valence-corrected chi connectivity index (χ3v) is 6.10. The van der Waals surface area contributed by atoms with Gasteiger partial charge in [-0.15, -0.1) is 0 Å². The minimum atomic E-state index is -0.188. The number of pyridine rings is 1. The van der Waals surface area contributed by atoms with Crippen LogP contribution in [-0.2, 0) is 6.54 Å². The number of carbonyl (C=O) groups excluding carboxylic acids is 2. The molecule has 0 saturated carbocycles. The van der Waals surface area contributed by atoms with E-state index in [9.17, 15) is 9.59 Å². The zero-order valence-electron chi connectivity index (χ0n) is 17.9. The van der Waals surface area contributed by atoms with Gasteiger partial charge in [0.2, 0.25) is 5.88 Å². The minimum Gasteiger partial charge on any atom is -0.476 e. The van der Waals surface area contributed by atoms with E-state index >= 15 is 0 Å². The van der Waals surface area contributed by atoms with Gasteiger partial charge in [0, 0.05) is 37.1 Å². The molecule has 2 aliphatic rings. The molecular formula is C25H25N3O3. The largest absolute Gasteiger partial charge is 0.476 e. The molecule has 0 atom stereocenters. The van der Waals surface area contributed by atoms with Crippen molar-refractivity contribution < 1.29 is 14.3 Å². The molecule has 3 aromatic rings. The second-order valence-electron chi connectivity index (χ2n) is 8.39. The fourth-order valence-electron chi connectivity index (χ4n) is 4.57. The van der Waals surface area contributed by atoms with Crippen molar-refractivity contribution in [1.29, 1.82) is 0 Å². The van der Waals surface area contributed by atoms with E-state index in [2.05, 4.69) is 36.9 Å². The zero-order chi connectivity index (χ0) is 21.5. The van der Waals surface area contributed by atoms with Gasteiger partial charge in [-0.05, 0) is 55.7 Å². The lowest BCUT2D eigenvalue weighted by Gasteiger charge is -2.21. The molecule has 6 nitrogen and oxygen atoms in total. The molecule has 2 aromatic carbocycles. The maximum Gasteiger partial charge on any atom is 0.261 e. The van der Waals surface area contributed by atoms with Crippen LogP contribution >= 0.6 is 0 Å². The fraction of sp³-hybridized carbons (Fsp3) is 0.320. The third kappa shape index (κ3) is 3.57. The van der Waals surface area contributed by atoms with Crippen LogP contribution in [0.4, 0.5) is 0 Å². The van der Waals surface area contributed by atoms with Crippen LogP contribution in [0.25, 0.3) is 10.9 Å². The van der Waals surface area contributed by atoms with Crippen LogP contribution < -0.4 is 4.74 Å². The summed E-state index contributed by atoms with van der Waals surface area (Å²) in [5.41, 5.74) is 5.47. The first-order valence-electron chi connectivity index (χ1n) is 10.7. The van der Waals surface area contributed by atoms with E-state index in [4.69, 9.17) is 9.72 Å². The monoisotopic (exact) mass is 415 g/mol. The number of nitrogens with zero attached hydrogens (tertiary/aromatic N) is 3. The molecular weight excluding hydrogens is 390 g/mol. The molecule has 0 saturated heterocycles. The molecule has 0 radical (unpaired) electrons. The molecule has 5 rings (SSSR count). The molecule has 2 aliphatic heterocycles. The van der Waals surface area contributed by atoms with Gasteiger partial charge in [-0.2, -0.15) is 0 Å². The van der Waals surface area contributed by atoms with Gasteiger partial charge in [-0.3, -0.25) is 19.4 Å². The molecule has 0 fully saturated rings. The quantitative estimate of drug-likeness (QED) is 0.608. The van der Waals surface area contributed by atoms with E-state index in [1.807, 2.05) is 0 Å². The van der Waals surface area contributed by atoms with Crippen LogP contribution in [0.5, 0.6) is 5.88 Å². The van der Waals surface area contributed by atoms with Crippen molar-refractivity contribution in [3.05, 3.63) is 70.3 Å². The Hall–Kier alpha value is -3.25. The lowest BCUT2D eigenvalue weighted by Crippen LogP contribution is -2.34. The summed E-state index contributed by atoms with van der Waals surface area (Å²) >= 11 is 0. The van der Waals surface area contributed by atoms with Gasteiger partial charge in [0.25, 0.3) is 11.8 Å². The molecule has 2 amide bonds. The van der Waals surface area contributed by atoms with E-state index < -0.39 is 0 Å². The summed E-state index contributed by atoms with van der Waals surface area (Å²) in [6.45, 7) is 7.49. The topological polar surface area (TPSA) is 62.7 Å². The van der Waals surface area contributed by atoms with Crippen molar-refractivity contribution in [2.75, 3.05) is 26.2 Å². The number of hydrogen-bond donors (Lipinski definition) is 0. The Bertz CT molecular complexity index is 1170. The van der Waals surface area contributed by atoms with E-state index in [0.29, 0.717) is 30.2 Å². The lowest BCUT2D eigenvalue weighted by atomic mass is 10.0. The minimum absolute atomic E-state index is 0.188. The van der Waals surface area contributed by atoms with E-state index in [1.54, 1.807) is 24.3 Å². The van der Waals surface area contributed by atoms with E-state index in [0.717, 1.165) is 42.5 Å². The number of ether oxygens (including phenoxy) is 1. The highest BCUT2D eigenvalue weighted by Gasteiger charge is 2.34. The van der Waals surface area contributed by atoms with Gasteiger partial charge in [-0.25, -0.2) is 4.98 Å². The van der Waals surface area contributed by atoms with E-state index in [-0.39, 0.29) is 11.8 Å². The van der Waals surface area contributed by atoms with Gasteiger partial charge >= 0.3 is 0 Å². The third-order valence-electron chi connectivity index (χ3n) is 6.10. The average Bonchev–Trinajstić information content (AvgIpc) is 2.89. The summed E-state index contributed by atoms with van der Waals surface area (Å²) in [6, 6.07) is 13.5. The number of carbonyl (C=O) groups is 2.